The highest BCUT2D eigenvalue weighted by molar-refractivity contribution is 9.10. The number of nitrogens with zero attached hydrogens (tertiary/aromatic N) is 2. The van der Waals surface area contributed by atoms with Gasteiger partial charge in [-0.2, -0.15) is 5.10 Å². The minimum atomic E-state index is -0.478. The number of aromatic nitrogens is 2. The highest BCUT2D eigenvalue weighted by Gasteiger charge is 2.20. The molecular weight excluding hydrogens is 412 g/mol. The lowest BCUT2D eigenvalue weighted by Crippen LogP contribution is -2.36. The molecule has 1 heterocycles. The van der Waals surface area contributed by atoms with Crippen LogP contribution in [0.5, 0.6) is 5.75 Å². The Morgan fingerprint density at radius 2 is 2.04 bits per heavy atom. The maximum atomic E-state index is 12.3. The molecule has 2 rings (SSSR count). The van der Waals surface area contributed by atoms with Gasteiger partial charge < -0.3 is 9.47 Å². The number of hydrogen-bond acceptors (Lipinski definition) is 5. The molecule has 0 spiro atoms. The van der Waals surface area contributed by atoms with E-state index < -0.39 is 17.1 Å². The zero-order valence-electron chi connectivity index (χ0n) is 14.3. The van der Waals surface area contributed by atoms with Crippen LogP contribution in [-0.2, 0) is 16.9 Å². The summed E-state index contributed by atoms with van der Waals surface area (Å²) in [6, 6.07) is 5.10. The summed E-state index contributed by atoms with van der Waals surface area (Å²) in [5, 5.41) is 4.09. The zero-order chi connectivity index (χ0) is 18.8. The van der Waals surface area contributed by atoms with Gasteiger partial charge in [0.2, 0.25) is 0 Å². The molecule has 25 heavy (non-hydrogen) atoms. The van der Waals surface area contributed by atoms with E-state index in [0.717, 1.165) is 5.56 Å². The molecule has 0 atom stereocenters. The molecule has 134 valence electrons. The number of halogens is 2. The third kappa shape index (κ3) is 4.41. The first-order chi connectivity index (χ1) is 11.6. The second-order valence-electron chi connectivity index (χ2n) is 6.31. The molecule has 0 radical (unpaired) electrons. The van der Waals surface area contributed by atoms with E-state index in [4.69, 9.17) is 21.1 Å². The number of methoxy groups -OCH3 is 1. The van der Waals surface area contributed by atoms with Crippen LogP contribution in [0.1, 0.15) is 36.7 Å². The summed E-state index contributed by atoms with van der Waals surface area (Å²) in [6.07, 6.45) is 1.42. The Morgan fingerprint density at radius 3 is 2.60 bits per heavy atom. The van der Waals surface area contributed by atoms with Crippen molar-refractivity contribution in [1.82, 2.24) is 9.78 Å². The molecule has 2 aromatic rings. The van der Waals surface area contributed by atoms with Crippen LogP contribution in [-0.4, -0.2) is 22.9 Å². The monoisotopic (exact) mass is 428 g/mol. The van der Waals surface area contributed by atoms with E-state index in [1.165, 1.54) is 18.0 Å². The number of hydrogen-bond donors (Lipinski definition) is 0. The van der Waals surface area contributed by atoms with Gasteiger partial charge in [-0.1, -0.05) is 17.7 Å². The number of rotatable bonds is 4. The number of esters is 1. The second kappa shape index (κ2) is 7.58. The zero-order valence-corrected chi connectivity index (χ0v) is 16.6. The summed E-state index contributed by atoms with van der Waals surface area (Å²) in [7, 11) is 1.32. The maximum Gasteiger partial charge on any atom is 0.339 e. The Morgan fingerprint density at radius 1 is 1.36 bits per heavy atom. The smallest absolute Gasteiger partial charge is 0.339 e. The Kier molecular flexibility index (Phi) is 5.90. The van der Waals surface area contributed by atoms with E-state index in [1.54, 1.807) is 18.2 Å². The molecule has 0 saturated carbocycles. The maximum absolute atomic E-state index is 12.3. The Hall–Kier alpha value is -1.86. The van der Waals surface area contributed by atoms with E-state index >= 15 is 0 Å². The molecule has 0 saturated heterocycles. The minimum Gasteiger partial charge on any atom is -0.485 e. The van der Waals surface area contributed by atoms with Crippen LogP contribution >= 0.6 is 27.5 Å². The molecule has 1 aromatic carbocycles. The molecule has 0 aliphatic rings. The molecule has 6 nitrogen and oxygen atoms in total. The molecule has 0 N–H and O–H groups in total. The minimum absolute atomic E-state index is 0.0184. The fourth-order valence-corrected chi connectivity index (χ4v) is 2.85. The number of carbonyl (C=O) groups excluding carboxylic acids is 1. The molecule has 1 aromatic heterocycles. The van der Waals surface area contributed by atoms with Gasteiger partial charge in [-0.05, 0) is 54.4 Å². The van der Waals surface area contributed by atoms with Gasteiger partial charge in [0.05, 0.1) is 24.4 Å². The van der Waals surface area contributed by atoms with Crippen molar-refractivity contribution in [1.29, 1.82) is 0 Å². The van der Waals surface area contributed by atoms with E-state index in [-0.39, 0.29) is 17.4 Å². The van der Waals surface area contributed by atoms with Crippen molar-refractivity contribution in [2.45, 2.75) is 32.9 Å². The van der Waals surface area contributed by atoms with Crippen LogP contribution in [0.2, 0.25) is 5.02 Å². The van der Waals surface area contributed by atoms with E-state index in [1.807, 2.05) is 20.8 Å². The Labute approximate surface area is 158 Å². The molecule has 0 unspecified atom stereocenters. The predicted molar refractivity (Wildman–Crippen MR) is 98.3 cm³/mol. The number of benzene rings is 1. The highest BCUT2D eigenvalue weighted by Crippen LogP contribution is 2.24. The average Bonchev–Trinajstić information content (AvgIpc) is 2.54. The molecular formula is C17H18BrClN2O4. The average molecular weight is 430 g/mol. The van der Waals surface area contributed by atoms with Crippen LogP contribution in [0.25, 0.3) is 0 Å². The molecule has 0 aliphatic carbocycles. The van der Waals surface area contributed by atoms with Crippen LogP contribution in [0.15, 0.2) is 33.7 Å². The van der Waals surface area contributed by atoms with Crippen molar-refractivity contribution in [2.24, 2.45) is 0 Å². The lowest BCUT2D eigenvalue weighted by Gasteiger charge is -2.21. The first kappa shape index (κ1) is 19.5. The van der Waals surface area contributed by atoms with Gasteiger partial charge in [-0.15, -0.1) is 0 Å². The van der Waals surface area contributed by atoms with Crippen molar-refractivity contribution in [3.63, 3.8) is 0 Å². The number of carbonyl (C=O) groups is 1. The van der Waals surface area contributed by atoms with E-state index in [0.29, 0.717) is 10.0 Å². The van der Waals surface area contributed by atoms with Crippen molar-refractivity contribution >= 4 is 33.5 Å². The summed E-state index contributed by atoms with van der Waals surface area (Å²) >= 11 is 9.44. The Balaban J connectivity index is 2.20. The van der Waals surface area contributed by atoms with Gasteiger partial charge in [0.15, 0.2) is 10.8 Å². The van der Waals surface area contributed by atoms with Crippen molar-refractivity contribution in [2.75, 3.05) is 7.11 Å². The molecule has 8 heteroatoms. The van der Waals surface area contributed by atoms with E-state index in [9.17, 15) is 9.59 Å². The fourth-order valence-electron chi connectivity index (χ4n) is 2.08. The van der Waals surface area contributed by atoms with Gasteiger partial charge in [0.1, 0.15) is 6.61 Å². The lowest BCUT2D eigenvalue weighted by molar-refractivity contribution is 0.0599. The molecule has 0 bridgehead atoms. The number of ether oxygens (including phenoxy) is 2. The van der Waals surface area contributed by atoms with Crippen LogP contribution in [0, 0.1) is 0 Å². The van der Waals surface area contributed by atoms with Gasteiger partial charge in [-0.25, -0.2) is 9.48 Å². The fraction of sp³-hybridized carbons (Fsp3) is 0.353. The van der Waals surface area contributed by atoms with E-state index in [2.05, 4.69) is 21.0 Å². The SMILES string of the molecule is COC(=O)c1ccc(COc2cnn(C(C)(C)C)c(=O)c2Cl)cc1Br. The van der Waals surface area contributed by atoms with Crippen LogP contribution in [0.3, 0.4) is 0 Å². The lowest BCUT2D eigenvalue weighted by atomic mass is 10.1. The summed E-state index contributed by atoms with van der Waals surface area (Å²) in [6.45, 7) is 5.75. The molecule has 0 amide bonds. The van der Waals surface area contributed by atoms with Crippen LogP contribution < -0.4 is 10.3 Å². The van der Waals surface area contributed by atoms with Gasteiger partial charge in [0, 0.05) is 4.47 Å². The van der Waals surface area contributed by atoms with Gasteiger partial charge >= 0.3 is 5.97 Å². The normalized spacial score (nSPS) is 11.3. The van der Waals surface area contributed by atoms with Crippen molar-refractivity contribution < 1.29 is 14.3 Å². The molecule has 0 fully saturated rings. The Bertz CT molecular complexity index is 859. The quantitative estimate of drug-likeness (QED) is 0.692. The standard InChI is InChI=1S/C17H18BrClN2O4/c1-17(2,3)21-15(22)14(19)13(8-20-21)25-9-10-5-6-11(12(18)7-10)16(23)24-4/h5-8H,9H2,1-4H3. The van der Waals surface area contributed by atoms with Gasteiger partial charge in [0.25, 0.3) is 5.56 Å². The molecule has 0 aliphatic heterocycles. The summed E-state index contributed by atoms with van der Waals surface area (Å²) in [5.74, 6) is -0.224. The summed E-state index contributed by atoms with van der Waals surface area (Å²) in [5.41, 5.74) is 0.316. The van der Waals surface area contributed by atoms with Crippen LogP contribution in [0.4, 0.5) is 0 Å². The predicted octanol–water partition coefficient (Wildman–Crippen LogP) is 3.78. The summed E-state index contributed by atoms with van der Waals surface area (Å²) < 4.78 is 12.2. The largest absolute Gasteiger partial charge is 0.485 e. The summed E-state index contributed by atoms with van der Waals surface area (Å²) in [4.78, 5) is 23.9. The first-order valence-electron chi connectivity index (χ1n) is 7.43. The van der Waals surface area contributed by atoms with Gasteiger partial charge in [-0.3, -0.25) is 4.79 Å². The topological polar surface area (TPSA) is 70.4 Å². The second-order valence-corrected chi connectivity index (χ2v) is 7.54. The third-order valence-corrected chi connectivity index (χ3v) is 4.36. The van der Waals surface area contributed by atoms with Crippen molar-refractivity contribution in [3.05, 3.63) is 55.4 Å². The third-order valence-electron chi connectivity index (χ3n) is 3.36. The first-order valence-corrected chi connectivity index (χ1v) is 8.60. The highest BCUT2D eigenvalue weighted by atomic mass is 79.9. The van der Waals surface area contributed by atoms with Crippen molar-refractivity contribution in [3.8, 4) is 5.75 Å².